The van der Waals surface area contributed by atoms with Crippen molar-refractivity contribution in [3.8, 4) is 5.75 Å². The molecule has 0 saturated heterocycles. The van der Waals surface area contributed by atoms with E-state index in [1.165, 1.54) is 12.1 Å². The van der Waals surface area contributed by atoms with Crippen LogP contribution in [0.1, 0.15) is 113 Å². The van der Waals surface area contributed by atoms with E-state index in [0.29, 0.717) is 43.4 Å². The molecule has 0 atom stereocenters. The SMILES string of the molecule is CCCCOc1ccc(COC2CCC(c3ccc(C4CCC(OCCC)CC4)c(F)c3F)CC2)c(F)c1F. The van der Waals surface area contributed by atoms with Gasteiger partial charge in [-0.15, -0.1) is 0 Å². The van der Waals surface area contributed by atoms with E-state index in [1.807, 2.05) is 6.92 Å². The van der Waals surface area contributed by atoms with Crippen molar-refractivity contribution in [1.82, 2.24) is 0 Å². The lowest BCUT2D eigenvalue weighted by molar-refractivity contribution is 0.0116. The van der Waals surface area contributed by atoms with E-state index in [1.54, 1.807) is 12.1 Å². The van der Waals surface area contributed by atoms with Crippen molar-refractivity contribution in [1.29, 1.82) is 0 Å². The zero-order chi connectivity index (χ0) is 27.8. The van der Waals surface area contributed by atoms with Gasteiger partial charge < -0.3 is 14.2 Å². The van der Waals surface area contributed by atoms with Gasteiger partial charge in [-0.2, -0.15) is 4.39 Å². The summed E-state index contributed by atoms with van der Waals surface area (Å²) < 4.78 is 76.3. The Morgan fingerprint density at radius 2 is 1.18 bits per heavy atom. The van der Waals surface area contributed by atoms with E-state index in [9.17, 15) is 8.78 Å². The third kappa shape index (κ3) is 7.55. The van der Waals surface area contributed by atoms with Crippen LogP contribution in [-0.2, 0) is 16.1 Å². The minimum absolute atomic E-state index is 0.0290. The molecule has 216 valence electrons. The fourth-order valence-electron chi connectivity index (χ4n) is 5.90. The normalized spacial score (nSPS) is 23.6. The minimum atomic E-state index is -0.991. The zero-order valence-corrected chi connectivity index (χ0v) is 23.3. The topological polar surface area (TPSA) is 27.7 Å². The summed E-state index contributed by atoms with van der Waals surface area (Å²) in [6.07, 6.45) is 8.74. The van der Waals surface area contributed by atoms with Crippen LogP contribution < -0.4 is 4.74 Å². The molecule has 2 saturated carbocycles. The van der Waals surface area contributed by atoms with Gasteiger partial charge >= 0.3 is 0 Å². The molecule has 0 radical (unpaired) electrons. The molecule has 2 aliphatic carbocycles. The van der Waals surface area contributed by atoms with Crippen molar-refractivity contribution < 1.29 is 31.8 Å². The van der Waals surface area contributed by atoms with E-state index in [0.717, 1.165) is 51.6 Å². The van der Waals surface area contributed by atoms with Crippen LogP contribution in [0.5, 0.6) is 5.75 Å². The Balaban J connectivity index is 1.28. The largest absolute Gasteiger partial charge is 0.490 e. The molecule has 2 fully saturated rings. The molecule has 2 aromatic rings. The Labute approximate surface area is 230 Å². The van der Waals surface area contributed by atoms with Gasteiger partial charge in [0.2, 0.25) is 5.82 Å². The van der Waals surface area contributed by atoms with Crippen LogP contribution in [0, 0.1) is 23.3 Å². The summed E-state index contributed by atoms with van der Waals surface area (Å²) in [4.78, 5) is 0. The molecule has 2 aromatic carbocycles. The number of hydrogen-bond acceptors (Lipinski definition) is 3. The molecule has 0 unspecified atom stereocenters. The van der Waals surface area contributed by atoms with Crippen molar-refractivity contribution in [3.63, 3.8) is 0 Å². The second kappa shape index (κ2) is 14.5. The third-order valence-electron chi connectivity index (χ3n) is 8.28. The number of rotatable bonds is 12. The highest BCUT2D eigenvalue weighted by molar-refractivity contribution is 5.32. The first-order valence-corrected chi connectivity index (χ1v) is 14.7. The van der Waals surface area contributed by atoms with Crippen molar-refractivity contribution >= 4 is 0 Å². The van der Waals surface area contributed by atoms with Crippen LogP contribution >= 0.6 is 0 Å². The van der Waals surface area contributed by atoms with E-state index in [2.05, 4.69) is 6.92 Å². The second-order valence-electron chi connectivity index (χ2n) is 11.1. The molecular weight excluding hydrogens is 508 g/mol. The highest BCUT2D eigenvalue weighted by Crippen LogP contribution is 2.40. The van der Waals surface area contributed by atoms with Crippen molar-refractivity contribution in [2.75, 3.05) is 13.2 Å². The first-order chi connectivity index (χ1) is 18.9. The lowest BCUT2D eigenvalue weighted by atomic mass is 9.79. The number of unbranched alkanes of at least 4 members (excludes halogenated alkanes) is 1. The van der Waals surface area contributed by atoms with Gasteiger partial charge in [0.15, 0.2) is 23.2 Å². The van der Waals surface area contributed by atoms with Gasteiger partial charge in [0.05, 0.1) is 25.4 Å². The van der Waals surface area contributed by atoms with E-state index < -0.39 is 23.3 Å². The predicted octanol–water partition coefficient (Wildman–Crippen LogP) is 9.12. The Kier molecular flexibility index (Phi) is 11.1. The molecule has 7 heteroatoms. The maximum absolute atomic E-state index is 15.2. The van der Waals surface area contributed by atoms with E-state index in [-0.39, 0.29) is 42.0 Å². The molecule has 0 bridgehead atoms. The van der Waals surface area contributed by atoms with Gasteiger partial charge in [-0.25, -0.2) is 13.2 Å². The summed E-state index contributed by atoms with van der Waals surface area (Å²) in [6, 6.07) is 6.48. The van der Waals surface area contributed by atoms with Gasteiger partial charge in [-0.3, -0.25) is 0 Å². The molecule has 3 nitrogen and oxygen atoms in total. The molecule has 0 spiro atoms. The molecule has 0 amide bonds. The fourth-order valence-corrected chi connectivity index (χ4v) is 5.90. The van der Waals surface area contributed by atoms with Gasteiger partial charge in [-0.05, 0) is 99.3 Å². The van der Waals surface area contributed by atoms with E-state index in [4.69, 9.17) is 14.2 Å². The summed E-state index contributed by atoms with van der Waals surface area (Å²) in [5.41, 5.74) is 1.06. The number of benzene rings is 2. The third-order valence-corrected chi connectivity index (χ3v) is 8.28. The van der Waals surface area contributed by atoms with Crippen LogP contribution in [0.4, 0.5) is 17.6 Å². The molecule has 0 aromatic heterocycles. The van der Waals surface area contributed by atoms with Crippen LogP contribution in [0.2, 0.25) is 0 Å². The molecule has 0 aliphatic heterocycles. The lowest BCUT2D eigenvalue weighted by Crippen LogP contribution is -2.23. The minimum Gasteiger partial charge on any atom is -0.490 e. The average Bonchev–Trinajstić information content (AvgIpc) is 2.96. The smallest absolute Gasteiger partial charge is 0.200 e. The molecule has 0 N–H and O–H groups in total. The van der Waals surface area contributed by atoms with Crippen molar-refractivity contribution in [2.45, 2.75) is 115 Å². The Morgan fingerprint density at radius 3 is 1.72 bits per heavy atom. The highest BCUT2D eigenvalue weighted by atomic mass is 19.2. The van der Waals surface area contributed by atoms with Crippen LogP contribution in [0.25, 0.3) is 0 Å². The average molecular weight is 551 g/mol. The standard InChI is InChI=1S/C32H42F4O3/c1-3-5-19-38-28-17-10-23(29(33)32(28)36)20-39-25-13-8-22(9-14-25)27-16-15-26(30(34)31(27)35)21-6-11-24(12-7-21)37-18-4-2/h10,15-17,21-22,24-25H,3-9,11-14,18-20H2,1-2H3. The monoisotopic (exact) mass is 550 g/mol. The van der Waals surface area contributed by atoms with E-state index >= 15 is 8.78 Å². The van der Waals surface area contributed by atoms with Crippen LogP contribution in [0.15, 0.2) is 24.3 Å². The van der Waals surface area contributed by atoms with Crippen molar-refractivity contribution in [3.05, 3.63) is 64.2 Å². The Morgan fingerprint density at radius 1 is 0.615 bits per heavy atom. The summed E-state index contributed by atoms with van der Waals surface area (Å²) in [7, 11) is 0. The van der Waals surface area contributed by atoms with Crippen molar-refractivity contribution in [2.24, 2.45) is 0 Å². The maximum Gasteiger partial charge on any atom is 0.200 e. The van der Waals surface area contributed by atoms with Gasteiger partial charge in [0.1, 0.15) is 0 Å². The first kappa shape index (κ1) is 29.9. The van der Waals surface area contributed by atoms with Gasteiger partial charge in [-0.1, -0.05) is 32.4 Å². The second-order valence-corrected chi connectivity index (χ2v) is 11.1. The zero-order valence-electron chi connectivity index (χ0n) is 23.3. The Bertz CT molecular complexity index is 1060. The molecule has 2 aliphatic rings. The molecule has 4 rings (SSSR count). The molecular formula is C32H42F4O3. The maximum atomic E-state index is 15.2. The summed E-state index contributed by atoms with van der Waals surface area (Å²) in [5.74, 6) is -3.50. The molecule has 0 heterocycles. The quantitative estimate of drug-likeness (QED) is 0.195. The molecule has 39 heavy (non-hydrogen) atoms. The fraction of sp³-hybridized carbons (Fsp3) is 0.625. The summed E-state index contributed by atoms with van der Waals surface area (Å²) >= 11 is 0. The van der Waals surface area contributed by atoms with Gasteiger partial charge in [0.25, 0.3) is 0 Å². The first-order valence-electron chi connectivity index (χ1n) is 14.7. The summed E-state index contributed by atoms with van der Waals surface area (Å²) in [6.45, 7) is 5.12. The van der Waals surface area contributed by atoms with Crippen LogP contribution in [0.3, 0.4) is 0 Å². The van der Waals surface area contributed by atoms with Gasteiger partial charge in [0, 0.05) is 12.2 Å². The Hall–Kier alpha value is -2.12. The van der Waals surface area contributed by atoms with Crippen LogP contribution in [-0.4, -0.2) is 25.4 Å². The highest BCUT2D eigenvalue weighted by Gasteiger charge is 2.30. The number of ether oxygens (including phenoxy) is 3. The summed E-state index contributed by atoms with van der Waals surface area (Å²) in [5, 5.41) is 0. The predicted molar refractivity (Wildman–Crippen MR) is 144 cm³/mol. The number of halogens is 4. The lowest BCUT2D eigenvalue weighted by Gasteiger charge is -2.31. The number of hydrogen-bond donors (Lipinski definition) is 0.